The molecule has 106 valence electrons. The van der Waals surface area contributed by atoms with Gasteiger partial charge in [0.05, 0.1) is 0 Å². The highest BCUT2D eigenvalue weighted by molar-refractivity contribution is 6.30. The van der Waals surface area contributed by atoms with Crippen molar-refractivity contribution >= 4 is 17.4 Å². The maximum atomic E-state index is 6.19. The van der Waals surface area contributed by atoms with Crippen LogP contribution in [-0.4, -0.2) is 23.1 Å². The molecule has 0 bridgehead atoms. The second kappa shape index (κ2) is 7.09. The molecule has 1 fully saturated rings. The smallest absolute Gasteiger partial charge is 0.137 e. The van der Waals surface area contributed by atoms with Gasteiger partial charge in [-0.25, -0.2) is 9.97 Å². The summed E-state index contributed by atoms with van der Waals surface area (Å²) in [6.07, 6.45) is 9.02. The molecule has 0 radical (unpaired) electrons. The van der Waals surface area contributed by atoms with E-state index >= 15 is 0 Å². The van der Waals surface area contributed by atoms with E-state index in [1.165, 1.54) is 32.1 Å². The predicted octanol–water partition coefficient (Wildman–Crippen LogP) is 4.10. The lowest BCUT2D eigenvalue weighted by Crippen LogP contribution is -2.26. The van der Waals surface area contributed by atoms with Crippen LogP contribution in [0.15, 0.2) is 6.33 Å². The minimum absolute atomic E-state index is 0.613. The second-order valence-electron chi connectivity index (χ2n) is 5.39. The summed E-state index contributed by atoms with van der Waals surface area (Å²) in [5, 5.41) is 0.613. The van der Waals surface area contributed by atoms with E-state index < -0.39 is 0 Å². The summed E-state index contributed by atoms with van der Waals surface area (Å²) < 4.78 is 0. The van der Waals surface area contributed by atoms with Crippen molar-refractivity contribution < 1.29 is 0 Å². The fourth-order valence-electron chi connectivity index (χ4n) is 3.03. The van der Waals surface area contributed by atoms with Crippen LogP contribution < -0.4 is 4.90 Å². The van der Waals surface area contributed by atoms with Crippen molar-refractivity contribution in [3.63, 3.8) is 0 Å². The Morgan fingerprint density at radius 2 is 2.11 bits per heavy atom. The van der Waals surface area contributed by atoms with Gasteiger partial charge in [-0.1, -0.05) is 38.3 Å². The molecular formula is C15H24ClN3. The number of hydrogen-bond donors (Lipinski definition) is 0. The Bertz CT molecular complexity index is 408. The topological polar surface area (TPSA) is 29.0 Å². The van der Waals surface area contributed by atoms with Crippen LogP contribution in [0.5, 0.6) is 0 Å². The molecule has 0 aromatic carbocycles. The van der Waals surface area contributed by atoms with E-state index in [0.717, 1.165) is 36.8 Å². The van der Waals surface area contributed by atoms with E-state index in [0.29, 0.717) is 5.15 Å². The van der Waals surface area contributed by atoms with Gasteiger partial charge >= 0.3 is 0 Å². The Kier molecular flexibility index (Phi) is 5.44. The fraction of sp³-hybridized carbons (Fsp3) is 0.733. The second-order valence-corrected chi connectivity index (χ2v) is 5.75. The molecule has 0 aliphatic carbocycles. The zero-order chi connectivity index (χ0) is 13.7. The summed E-state index contributed by atoms with van der Waals surface area (Å²) in [5.41, 5.74) is 1.10. The number of aromatic nitrogens is 2. The molecule has 1 unspecified atom stereocenters. The third-order valence-corrected chi connectivity index (χ3v) is 4.39. The summed E-state index contributed by atoms with van der Waals surface area (Å²) >= 11 is 6.19. The first-order valence-electron chi connectivity index (χ1n) is 7.50. The van der Waals surface area contributed by atoms with Gasteiger partial charge in [-0.05, 0) is 31.6 Å². The van der Waals surface area contributed by atoms with Crippen molar-refractivity contribution in [2.24, 2.45) is 5.92 Å². The molecule has 2 heterocycles. The van der Waals surface area contributed by atoms with E-state index in [2.05, 4.69) is 28.7 Å². The summed E-state index contributed by atoms with van der Waals surface area (Å²) in [7, 11) is 0. The molecule has 2 rings (SSSR count). The van der Waals surface area contributed by atoms with Gasteiger partial charge in [0.15, 0.2) is 0 Å². The highest BCUT2D eigenvalue weighted by atomic mass is 35.5. The molecule has 3 nitrogen and oxygen atoms in total. The summed E-state index contributed by atoms with van der Waals surface area (Å²) in [6.45, 7) is 6.60. The Hall–Kier alpha value is -0.830. The highest BCUT2D eigenvalue weighted by Crippen LogP contribution is 2.28. The number of halogens is 1. The first-order valence-corrected chi connectivity index (χ1v) is 7.88. The van der Waals surface area contributed by atoms with Crippen molar-refractivity contribution in [3.05, 3.63) is 17.0 Å². The number of anilines is 1. The van der Waals surface area contributed by atoms with Crippen LogP contribution in [0.1, 0.15) is 51.5 Å². The molecule has 1 saturated heterocycles. The Morgan fingerprint density at radius 1 is 1.26 bits per heavy atom. The van der Waals surface area contributed by atoms with E-state index in [9.17, 15) is 0 Å². The van der Waals surface area contributed by atoms with Crippen LogP contribution in [0.4, 0.5) is 5.82 Å². The molecule has 1 aromatic rings. The van der Waals surface area contributed by atoms with Gasteiger partial charge in [-0.3, -0.25) is 0 Å². The lowest BCUT2D eigenvalue weighted by Gasteiger charge is -2.24. The standard InChI is InChI=1S/C15H24ClN3/c1-3-6-12-7-5-9-19(10-8-12)15-13(4-2)14(16)17-11-18-15/h11-12H,3-10H2,1-2H3. The molecule has 0 saturated carbocycles. The van der Waals surface area contributed by atoms with Crippen molar-refractivity contribution in [2.45, 2.75) is 52.4 Å². The van der Waals surface area contributed by atoms with Gasteiger partial charge in [-0.2, -0.15) is 0 Å². The molecular weight excluding hydrogens is 258 g/mol. The predicted molar refractivity (Wildman–Crippen MR) is 80.9 cm³/mol. The molecule has 1 aliphatic rings. The van der Waals surface area contributed by atoms with Crippen molar-refractivity contribution in [3.8, 4) is 0 Å². The Morgan fingerprint density at radius 3 is 2.84 bits per heavy atom. The average Bonchev–Trinajstić information content (AvgIpc) is 2.64. The molecule has 1 aliphatic heterocycles. The fourth-order valence-corrected chi connectivity index (χ4v) is 3.29. The highest BCUT2D eigenvalue weighted by Gasteiger charge is 2.20. The largest absolute Gasteiger partial charge is 0.356 e. The summed E-state index contributed by atoms with van der Waals surface area (Å²) in [5.74, 6) is 1.94. The van der Waals surface area contributed by atoms with Gasteiger partial charge in [0.25, 0.3) is 0 Å². The molecule has 19 heavy (non-hydrogen) atoms. The third-order valence-electron chi connectivity index (χ3n) is 4.07. The number of hydrogen-bond acceptors (Lipinski definition) is 3. The Labute approximate surface area is 121 Å². The van der Waals surface area contributed by atoms with Crippen molar-refractivity contribution in [1.82, 2.24) is 9.97 Å². The van der Waals surface area contributed by atoms with Crippen LogP contribution in [0.2, 0.25) is 5.15 Å². The van der Waals surface area contributed by atoms with Crippen LogP contribution >= 0.6 is 11.6 Å². The lowest BCUT2D eigenvalue weighted by molar-refractivity contribution is 0.435. The number of nitrogens with zero attached hydrogens (tertiary/aromatic N) is 3. The minimum atomic E-state index is 0.613. The maximum absolute atomic E-state index is 6.19. The monoisotopic (exact) mass is 281 g/mol. The van der Waals surface area contributed by atoms with Gasteiger partial charge < -0.3 is 4.90 Å². The van der Waals surface area contributed by atoms with Crippen molar-refractivity contribution in [1.29, 1.82) is 0 Å². The molecule has 0 N–H and O–H groups in total. The lowest BCUT2D eigenvalue weighted by atomic mass is 9.96. The Balaban J connectivity index is 2.12. The molecule has 1 aromatic heterocycles. The van der Waals surface area contributed by atoms with Crippen LogP contribution in [0.25, 0.3) is 0 Å². The zero-order valence-corrected chi connectivity index (χ0v) is 12.8. The van der Waals surface area contributed by atoms with E-state index in [-0.39, 0.29) is 0 Å². The zero-order valence-electron chi connectivity index (χ0n) is 12.0. The first kappa shape index (κ1) is 14.6. The quantitative estimate of drug-likeness (QED) is 0.778. The molecule has 0 amide bonds. The van der Waals surface area contributed by atoms with Crippen LogP contribution in [-0.2, 0) is 6.42 Å². The summed E-state index contributed by atoms with van der Waals surface area (Å²) in [6, 6.07) is 0. The molecule has 0 spiro atoms. The van der Waals surface area contributed by atoms with E-state index in [1.54, 1.807) is 6.33 Å². The van der Waals surface area contributed by atoms with E-state index in [4.69, 9.17) is 11.6 Å². The third kappa shape index (κ3) is 3.59. The number of rotatable bonds is 4. The van der Waals surface area contributed by atoms with Gasteiger partial charge in [0.1, 0.15) is 17.3 Å². The average molecular weight is 282 g/mol. The summed E-state index contributed by atoms with van der Waals surface area (Å²) in [4.78, 5) is 11.0. The normalized spacial score (nSPS) is 20.4. The van der Waals surface area contributed by atoms with Gasteiger partial charge in [0.2, 0.25) is 0 Å². The SMILES string of the molecule is CCCC1CCCN(c2ncnc(Cl)c2CC)CC1. The molecule has 1 atom stereocenters. The van der Waals surface area contributed by atoms with Gasteiger partial charge in [-0.15, -0.1) is 0 Å². The van der Waals surface area contributed by atoms with Crippen molar-refractivity contribution in [2.75, 3.05) is 18.0 Å². The van der Waals surface area contributed by atoms with Gasteiger partial charge in [0, 0.05) is 18.7 Å². The minimum Gasteiger partial charge on any atom is -0.356 e. The first-order chi connectivity index (χ1) is 9.26. The molecule has 4 heteroatoms. The van der Waals surface area contributed by atoms with Crippen LogP contribution in [0.3, 0.4) is 0 Å². The maximum Gasteiger partial charge on any atom is 0.137 e. The van der Waals surface area contributed by atoms with E-state index in [1.807, 2.05) is 0 Å². The van der Waals surface area contributed by atoms with Crippen LogP contribution in [0, 0.1) is 5.92 Å².